The molecule has 3 rings (SSSR count). The topological polar surface area (TPSA) is 84.2 Å². The van der Waals surface area contributed by atoms with Crippen LogP contribution in [-0.4, -0.2) is 16.8 Å². The first-order valence-electron chi connectivity index (χ1n) is 9.32. The zero-order valence-corrected chi connectivity index (χ0v) is 17.3. The minimum Gasteiger partial charge on any atom is -0.465 e. The number of nitrogens with zero attached hydrogens (tertiary/aromatic N) is 1. The molecule has 1 unspecified atom stereocenters. The monoisotopic (exact) mass is 409 g/mol. The maximum absolute atomic E-state index is 12.9. The number of nitrogens with one attached hydrogen (secondary N) is 2. The Kier molecular flexibility index (Phi) is 6.61. The number of hydrogen-bond acceptors (Lipinski definition) is 5. The van der Waals surface area contributed by atoms with Crippen molar-refractivity contribution < 1.29 is 14.0 Å². The van der Waals surface area contributed by atoms with Gasteiger partial charge in [-0.05, 0) is 31.2 Å². The van der Waals surface area contributed by atoms with Gasteiger partial charge in [-0.3, -0.25) is 9.59 Å². The van der Waals surface area contributed by atoms with Crippen LogP contribution in [-0.2, 0) is 4.79 Å². The van der Waals surface area contributed by atoms with Gasteiger partial charge in [-0.25, -0.2) is 4.98 Å². The van der Waals surface area contributed by atoms with Gasteiger partial charge >= 0.3 is 0 Å². The van der Waals surface area contributed by atoms with Crippen molar-refractivity contribution >= 4 is 29.2 Å². The minimum atomic E-state index is -0.419. The molecule has 6 nitrogen and oxygen atoms in total. The lowest BCUT2D eigenvalue weighted by Gasteiger charge is -2.15. The van der Waals surface area contributed by atoms with Gasteiger partial charge in [0.25, 0.3) is 11.8 Å². The third kappa shape index (κ3) is 5.42. The van der Waals surface area contributed by atoms with Gasteiger partial charge in [0.1, 0.15) is 11.5 Å². The van der Waals surface area contributed by atoms with E-state index in [9.17, 15) is 9.59 Å². The first-order chi connectivity index (χ1) is 13.9. The lowest BCUT2D eigenvalue weighted by atomic mass is 10.2. The molecule has 29 heavy (non-hydrogen) atoms. The van der Waals surface area contributed by atoms with Crippen LogP contribution < -0.4 is 10.6 Å². The molecule has 1 aromatic carbocycles. The van der Waals surface area contributed by atoms with Crippen LogP contribution >= 0.6 is 11.3 Å². The van der Waals surface area contributed by atoms with Crippen LogP contribution in [0.15, 0.2) is 64.2 Å². The Morgan fingerprint density at radius 2 is 1.86 bits per heavy atom. The van der Waals surface area contributed by atoms with Crippen LogP contribution in [0.1, 0.15) is 59.6 Å². The lowest BCUT2D eigenvalue weighted by Crippen LogP contribution is -2.36. The molecule has 0 aliphatic heterocycles. The van der Waals surface area contributed by atoms with E-state index in [0.29, 0.717) is 17.2 Å². The molecule has 0 spiro atoms. The van der Waals surface area contributed by atoms with Gasteiger partial charge in [-0.1, -0.05) is 32.0 Å². The number of rotatable bonds is 7. The summed E-state index contributed by atoms with van der Waals surface area (Å²) in [6.45, 7) is 6.02. The molecule has 0 radical (unpaired) electrons. The normalized spacial score (nSPS) is 12.6. The Bertz CT molecular complexity index is 992. The number of furan rings is 1. The van der Waals surface area contributed by atoms with Crippen LogP contribution in [0, 0.1) is 0 Å². The maximum atomic E-state index is 12.9. The van der Waals surface area contributed by atoms with Gasteiger partial charge in [0.15, 0.2) is 0 Å². The molecule has 0 aliphatic rings. The van der Waals surface area contributed by atoms with Gasteiger partial charge in [-0.15, -0.1) is 11.3 Å². The number of amides is 2. The predicted octanol–water partition coefficient (Wildman–Crippen LogP) is 4.51. The summed E-state index contributed by atoms with van der Waals surface area (Å²) < 4.78 is 5.30. The summed E-state index contributed by atoms with van der Waals surface area (Å²) in [6, 6.07) is 11.8. The van der Waals surface area contributed by atoms with Crippen molar-refractivity contribution in [3.63, 3.8) is 0 Å². The Morgan fingerprint density at radius 3 is 2.48 bits per heavy atom. The van der Waals surface area contributed by atoms with Crippen molar-refractivity contribution in [2.24, 2.45) is 0 Å². The van der Waals surface area contributed by atoms with Crippen LogP contribution in [0.5, 0.6) is 0 Å². The molecule has 0 saturated heterocycles. The fraction of sp³-hybridized carbons (Fsp3) is 0.227. The molecule has 2 amide bonds. The molecule has 0 aliphatic carbocycles. The highest BCUT2D eigenvalue weighted by Gasteiger charge is 2.19. The van der Waals surface area contributed by atoms with Crippen molar-refractivity contribution in [2.75, 3.05) is 0 Å². The number of carbonyl (C=O) groups excluding carboxylic acids is 2. The number of hydrogen-bond donors (Lipinski definition) is 2. The summed E-state index contributed by atoms with van der Waals surface area (Å²) in [5.41, 5.74) is 1.35. The van der Waals surface area contributed by atoms with Gasteiger partial charge in [0.2, 0.25) is 0 Å². The van der Waals surface area contributed by atoms with Crippen molar-refractivity contribution in [1.29, 1.82) is 0 Å². The average Bonchev–Trinajstić information content (AvgIpc) is 3.40. The first kappa shape index (κ1) is 20.5. The quantitative estimate of drug-likeness (QED) is 0.563. The fourth-order valence-electron chi connectivity index (χ4n) is 2.57. The maximum Gasteiger partial charge on any atom is 0.268 e. The Balaban J connectivity index is 1.78. The summed E-state index contributed by atoms with van der Waals surface area (Å²) in [6.07, 6.45) is 3.01. The summed E-state index contributed by atoms with van der Waals surface area (Å²) in [7, 11) is 0. The van der Waals surface area contributed by atoms with Gasteiger partial charge in [-0.2, -0.15) is 0 Å². The number of carbonyl (C=O) groups is 2. The average molecular weight is 410 g/mol. The molecule has 2 N–H and O–H groups in total. The largest absolute Gasteiger partial charge is 0.465 e. The van der Waals surface area contributed by atoms with Crippen LogP contribution in [0.2, 0.25) is 0 Å². The van der Waals surface area contributed by atoms with E-state index in [1.807, 2.05) is 18.4 Å². The molecule has 2 heterocycles. The van der Waals surface area contributed by atoms with E-state index in [1.165, 1.54) is 12.3 Å². The second kappa shape index (κ2) is 9.34. The molecule has 0 bridgehead atoms. The van der Waals surface area contributed by atoms with E-state index in [0.717, 1.165) is 10.7 Å². The van der Waals surface area contributed by atoms with Gasteiger partial charge < -0.3 is 15.1 Å². The van der Waals surface area contributed by atoms with E-state index in [2.05, 4.69) is 29.5 Å². The van der Waals surface area contributed by atoms with Gasteiger partial charge in [0, 0.05) is 22.9 Å². The van der Waals surface area contributed by atoms with Crippen LogP contribution in [0.4, 0.5) is 0 Å². The molecule has 2 aromatic heterocycles. The SMILES string of the molecule is CC(C)c1nc(C(C)NC(=O)/C(=C/c2ccco2)NC(=O)c2ccccc2)cs1. The van der Waals surface area contributed by atoms with E-state index >= 15 is 0 Å². The lowest BCUT2D eigenvalue weighted by molar-refractivity contribution is -0.118. The second-order valence-corrected chi connectivity index (χ2v) is 7.74. The summed E-state index contributed by atoms with van der Waals surface area (Å²) in [5.74, 6) is 0.00220. The van der Waals surface area contributed by atoms with E-state index in [4.69, 9.17) is 4.42 Å². The van der Waals surface area contributed by atoms with Crippen LogP contribution in [0.3, 0.4) is 0 Å². The molecule has 7 heteroatoms. The number of benzene rings is 1. The first-order valence-corrected chi connectivity index (χ1v) is 10.2. The number of aromatic nitrogens is 1. The molecule has 0 saturated carbocycles. The molecular weight excluding hydrogens is 386 g/mol. The van der Waals surface area contributed by atoms with E-state index in [1.54, 1.807) is 47.7 Å². The zero-order chi connectivity index (χ0) is 20.8. The molecular formula is C22H23N3O3S. The Morgan fingerprint density at radius 1 is 1.10 bits per heavy atom. The molecule has 0 fully saturated rings. The second-order valence-electron chi connectivity index (χ2n) is 6.85. The van der Waals surface area contributed by atoms with Crippen LogP contribution in [0.25, 0.3) is 6.08 Å². The van der Waals surface area contributed by atoms with Crippen molar-refractivity contribution in [1.82, 2.24) is 15.6 Å². The summed E-state index contributed by atoms with van der Waals surface area (Å²) >= 11 is 1.57. The highest BCUT2D eigenvalue weighted by atomic mass is 32.1. The Labute approximate surface area is 173 Å². The van der Waals surface area contributed by atoms with Crippen molar-refractivity contribution in [3.05, 3.63) is 81.8 Å². The van der Waals surface area contributed by atoms with Crippen molar-refractivity contribution in [2.45, 2.75) is 32.7 Å². The molecule has 1 atom stereocenters. The summed E-state index contributed by atoms with van der Waals surface area (Å²) in [5, 5.41) is 8.54. The van der Waals surface area contributed by atoms with E-state index in [-0.39, 0.29) is 17.6 Å². The summed E-state index contributed by atoms with van der Waals surface area (Å²) in [4.78, 5) is 30.0. The molecule has 150 valence electrons. The fourth-order valence-corrected chi connectivity index (χ4v) is 3.50. The zero-order valence-electron chi connectivity index (χ0n) is 16.5. The number of thiazole rings is 1. The minimum absolute atomic E-state index is 0.0972. The third-order valence-electron chi connectivity index (χ3n) is 4.18. The molecule has 3 aromatic rings. The van der Waals surface area contributed by atoms with E-state index < -0.39 is 5.91 Å². The highest BCUT2D eigenvalue weighted by molar-refractivity contribution is 7.09. The van der Waals surface area contributed by atoms with Gasteiger partial charge in [0.05, 0.1) is 23.0 Å². The standard InChI is InChI=1S/C22H23N3O3S/c1-14(2)22-25-19(13-29-22)15(3)23-21(27)18(12-17-10-7-11-28-17)24-20(26)16-8-5-4-6-9-16/h4-15H,1-3H3,(H,23,27)(H,24,26)/b18-12-. The third-order valence-corrected chi connectivity index (χ3v) is 5.35. The Hall–Kier alpha value is -3.19. The van der Waals surface area contributed by atoms with Crippen molar-refractivity contribution in [3.8, 4) is 0 Å². The smallest absolute Gasteiger partial charge is 0.268 e. The highest BCUT2D eigenvalue weighted by Crippen LogP contribution is 2.23. The predicted molar refractivity (Wildman–Crippen MR) is 113 cm³/mol.